The van der Waals surface area contributed by atoms with Crippen molar-refractivity contribution < 1.29 is 9.59 Å². The molecule has 1 aromatic rings. The van der Waals surface area contributed by atoms with Crippen molar-refractivity contribution in [3.63, 3.8) is 0 Å². The van der Waals surface area contributed by atoms with Crippen molar-refractivity contribution in [3.8, 4) is 0 Å². The molecule has 1 aliphatic heterocycles. The van der Waals surface area contributed by atoms with Crippen LogP contribution in [0.2, 0.25) is 0 Å². The van der Waals surface area contributed by atoms with Crippen LogP contribution in [0.4, 0.5) is 0 Å². The lowest BCUT2D eigenvalue weighted by atomic mass is 10.2. The standard InChI is InChI=1S/C18H28N4O2/c1-2-21-11-13-22(14-12-21)10-6-9-19-17(23)15-20-18(24)16-7-4-3-5-8-16/h3-5,7-8H,2,6,9-15H2,1H3,(H,19,23)(H,20,24). The number of piperazine rings is 1. The van der Waals surface area contributed by atoms with Crippen LogP contribution in [0.5, 0.6) is 0 Å². The average Bonchev–Trinajstić information content (AvgIpc) is 2.64. The van der Waals surface area contributed by atoms with E-state index in [4.69, 9.17) is 0 Å². The molecular weight excluding hydrogens is 304 g/mol. The monoisotopic (exact) mass is 332 g/mol. The van der Waals surface area contributed by atoms with Gasteiger partial charge in [-0.2, -0.15) is 0 Å². The number of nitrogens with zero attached hydrogens (tertiary/aromatic N) is 2. The highest BCUT2D eigenvalue weighted by atomic mass is 16.2. The number of rotatable bonds is 8. The van der Waals surface area contributed by atoms with Crippen LogP contribution in [-0.4, -0.2) is 74.0 Å². The van der Waals surface area contributed by atoms with E-state index in [1.165, 1.54) is 0 Å². The maximum atomic E-state index is 11.8. The Labute approximate surface area is 144 Å². The molecule has 1 saturated heterocycles. The van der Waals surface area contributed by atoms with Crippen LogP contribution >= 0.6 is 0 Å². The Hall–Kier alpha value is -1.92. The number of likely N-dealkylation sites (N-methyl/N-ethyl adjacent to an activating group) is 1. The average molecular weight is 332 g/mol. The summed E-state index contributed by atoms with van der Waals surface area (Å²) in [6, 6.07) is 8.91. The highest BCUT2D eigenvalue weighted by Crippen LogP contribution is 2.01. The van der Waals surface area contributed by atoms with Crippen molar-refractivity contribution in [2.75, 3.05) is 52.4 Å². The van der Waals surface area contributed by atoms with Crippen LogP contribution in [0.3, 0.4) is 0 Å². The highest BCUT2D eigenvalue weighted by Gasteiger charge is 2.14. The first-order valence-electron chi connectivity index (χ1n) is 8.73. The third-order valence-electron chi connectivity index (χ3n) is 4.33. The summed E-state index contributed by atoms with van der Waals surface area (Å²) in [7, 11) is 0. The molecule has 2 N–H and O–H groups in total. The van der Waals surface area contributed by atoms with Crippen LogP contribution in [0.25, 0.3) is 0 Å². The zero-order chi connectivity index (χ0) is 17.2. The third-order valence-corrected chi connectivity index (χ3v) is 4.33. The van der Waals surface area contributed by atoms with E-state index < -0.39 is 0 Å². The molecule has 0 unspecified atom stereocenters. The van der Waals surface area contributed by atoms with Crippen molar-refractivity contribution >= 4 is 11.8 Å². The normalized spacial score (nSPS) is 15.9. The van der Waals surface area contributed by atoms with Gasteiger partial charge in [-0.15, -0.1) is 0 Å². The molecule has 0 aromatic heterocycles. The Balaban J connectivity index is 1.53. The first-order valence-corrected chi connectivity index (χ1v) is 8.73. The molecule has 0 atom stereocenters. The summed E-state index contributed by atoms with van der Waals surface area (Å²) in [5, 5.41) is 5.49. The quantitative estimate of drug-likeness (QED) is 0.683. The Morgan fingerprint density at radius 2 is 1.67 bits per heavy atom. The number of nitrogens with one attached hydrogen (secondary N) is 2. The van der Waals surface area contributed by atoms with Gasteiger partial charge >= 0.3 is 0 Å². The van der Waals surface area contributed by atoms with Gasteiger partial charge in [-0.3, -0.25) is 9.59 Å². The fraction of sp³-hybridized carbons (Fsp3) is 0.556. The summed E-state index contributed by atoms with van der Waals surface area (Å²) < 4.78 is 0. The highest BCUT2D eigenvalue weighted by molar-refractivity contribution is 5.96. The van der Waals surface area contributed by atoms with E-state index in [2.05, 4.69) is 27.4 Å². The van der Waals surface area contributed by atoms with Gasteiger partial charge in [-0.05, 0) is 31.6 Å². The summed E-state index contributed by atoms with van der Waals surface area (Å²) >= 11 is 0. The minimum Gasteiger partial charge on any atom is -0.355 e. The van der Waals surface area contributed by atoms with E-state index in [9.17, 15) is 9.59 Å². The molecule has 132 valence electrons. The fourth-order valence-corrected chi connectivity index (χ4v) is 2.77. The Kier molecular flexibility index (Phi) is 7.71. The molecule has 1 aliphatic rings. The van der Waals surface area contributed by atoms with Gasteiger partial charge in [-0.1, -0.05) is 25.1 Å². The molecule has 1 heterocycles. The number of amides is 2. The molecule has 0 saturated carbocycles. The third kappa shape index (κ3) is 6.29. The van der Waals surface area contributed by atoms with E-state index in [0.29, 0.717) is 12.1 Å². The predicted molar refractivity (Wildman–Crippen MR) is 95.0 cm³/mol. The lowest BCUT2D eigenvalue weighted by Crippen LogP contribution is -2.46. The zero-order valence-corrected chi connectivity index (χ0v) is 14.5. The van der Waals surface area contributed by atoms with Crippen LogP contribution in [0, 0.1) is 0 Å². The molecule has 6 nitrogen and oxygen atoms in total. The second-order valence-corrected chi connectivity index (χ2v) is 6.03. The molecular formula is C18H28N4O2. The Morgan fingerprint density at radius 1 is 1.00 bits per heavy atom. The van der Waals surface area contributed by atoms with Crippen LogP contribution < -0.4 is 10.6 Å². The van der Waals surface area contributed by atoms with Gasteiger partial charge in [0, 0.05) is 38.3 Å². The van der Waals surface area contributed by atoms with Crippen molar-refractivity contribution in [1.82, 2.24) is 20.4 Å². The lowest BCUT2D eigenvalue weighted by molar-refractivity contribution is -0.120. The first kappa shape index (κ1) is 18.4. The van der Waals surface area contributed by atoms with Gasteiger partial charge in [0.2, 0.25) is 5.91 Å². The topological polar surface area (TPSA) is 64.7 Å². The maximum absolute atomic E-state index is 11.8. The smallest absolute Gasteiger partial charge is 0.251 e. The molecule has 1 fully saturated rings. The fourth-order valence-electron chi connectivity index (χ4n) is 2.77. The SMILES string of the molecule is CCN1CCN(CCCNC(=O)CNC(=O)c2ccccc2)CC1. The number of carbonyl (C=O) groups is 2. The summed E-state index contributed by atoms with van der Waals surface area (Å²) in [5.41, 5.74) is 0.566. The van der Waals surface area contributed by atoms with Crippen molar-refractivity contribution in [1.29, 1.82) is 0 Å². The second-order valence-electron chi connectivity index (χ2n) is 6.03. The van der Waals surface area contributed by atoms with Crippen LogP contribution in [-0.2, 0) is 4.79 Å². The lowest BCUT2D eigenvalue weighted by Gasteiger charge is -2.33. The summed E-state index contributed by atoms with van der Waals surface area (Å²) in [6.07, 6.45) is 0.935. The minimum absolute atomic E-state index is 0.0168. The Morgan fingerprint density at radius 3 is 2.33 bits per heavy atom. The van der Waals surface area contributed by atoms with Gasteiger partial charge in [-0.25, -0.2) is 0 Å². The van der Waals surface area contributed by atoms with Gasteiger partial charge in [0.25, 0.3) is 5.91 Å². The molecule has 0 spiro atoms. The van der Waals surface area contributed by atoms with Gasteiger partial charge in [0.05, 0.1) is 6.54 Å². The van der Waals surface area contributed by atoms with Crippen molar-refractivity contribution in [3.05, 3.63) is 35.9 Å². The maximum Gasteiger partial charge on any atom is 0.251 e. The van der Waals surface area contributed by atoms with Gasteiger partial charge in [0.15, 0.2) is 0 Å². The van der Waals surface area contributed by atoms with E-state index in [1.54, 1.807) is 24.3 Å². The van der Waals surface area contributed by atoms with Crippen LogP contribution in [0.1, 0.15) is 23.7 Å². The van der Waals surface area contributed by atoms with E-state index in [1.807, 2.05) is 6.07 Å². The van der Waals surface area contributed by atoms with Gasteiger partial charge in [0.1, 0.15) is 0 Å². The Bertz CT molecular complexity index is 513. The first-order chi connectivity index (χ1) is 11.7. The van der Waals surface area contributed by atoms with Crippen molar-refractivity contribution in [2.45, 2.75) is 13.3 Å². The van der Waals surface area contributed by atoms with Crippen LogP contribution in [0.15, 0.2) is 30.3 Å². The molecule has 24 heavy (non-hydrogen) atoms. The second kappa shape index (κ2) is 10.1. The number of hydrogen-bond donors (Lipinski definition) is 2. The number of benzene rings is 1. The van der Waals surface area contributed by atoms with E-state index >= 15 is 0 Å². The molecule has 6 heteroatoms. The molecule has 2 amide bonds. The predicted octanol–water partition coefficient (Wildman–Crippen LogP) is 0.560. The summed E-state index contributed by atoms with van der Waals surface area (Å²) in [5.74, 6) is -0.366. The van der Waals surface area contributed by atoms with E-state index in [-0.39, 0.29) is 18.4 Å². The number of hydrogen-bond acceptors (Lipinski definition) is 4. The minimum atomic E-state index is -0.223. The molecule has 1 aromatic carbocycles. The molecule has 2 rings (SSSR count). The molecule has 0 radical (unpaired) electrons. The van der Waals surface area contributed by atoms with E-state index in [0.717, 1.165) is 45.7 Å². The molecule has 0 bridgehead atoms. The summed E-state index contributed by atoms with van der Waals surface area (Å²) in [6.45, 7) is 9.47. The van der Waals surface area contributed by atoms with Gasteiger partial charge < -0.3 is 20.4 Å². The van der Waals surface area contributed by atoms with Crippen molar-refractivity contribution in [2.24, 2.45) is 0 Å². The summed E-state index contributed by atoms with van der Waals surface area (Å²) in [4.78, 5) is 28.5. The number of carbonyl (C=O) groups excluding carboxylic acids is 2. The molecule has 0 aliphatic carbocycles. The zero-order valence-electron chi connectivity index (χ0n) is 14.5. The largest absolute Gasteiger partial charge is 0.355 e.